The second-order valence-electron chi connectivity index (χ2n) is 4.99. The van der Waals surface area contributed by atoms with E-state index in [1.807, 2.05) is 6.26 Å². The van der Waals surface area contributed by atoms with Crippen LogP contribution in [0.3, 0.4) is 0 Å². The van der Waals surface area contributed by atoms with Crippen LogP contribution in [0.25, 0.3) is 0 Å². The lowest BCUT2D eigenvalue weighted by Crippen LogP contribution is -2.31. The van der Waals surface area contributed by atoms with E-state index in [-0.39, 0.29) is 5.96 Å². The minimum absolute atomic E-state index is 0.00340. The molecule has 5 nitrogen and oxygen atoms in total. The van der Waals surface area contributed by atoms with Gasteiger partial charge in [0.15, 0.2) is 0 Å². The smallest absolute Gasteiger partial charge is 0.291 e. The first-order valence-electron chi connectivity index (χ1n) is 6.20. The van der Waals surface area contributed by atoms with E-state index in [9.17, 15) is 18.0 Å². The number of nitrogens with zero attached hydrogens (tertiary/aromatic N) is 3. The average Bonchev–Trinajstić information content (AvgIpc) is 2.71. The summed E-state index contributed by atoms with van der Waals surface area (Å²) in [5.74, 6) is -0.947. The van der Waals surface area contributed by atoms with Crippen LogP contribution < -0.4 is 5.32 Å². The third kappa shape index (κ3) is 3.29. The Bertz CT molecular complexity index is 667. The topological polar surface area (TPSA) is 66.7 Å². The van der Waals surface area contributed by atoms with Crippen LogP contribution in [0.15, 0.2) is 28.4 Å². The minimum Gasteiger partial charge on any atom is -0.291 e. The molecule has 1 aromatic rings. The minimum atomic E-state index is -4.64. The van der Waals surface area contributed by atoms with Crippen LogP contribution in [0.4, 0.5) is 13.2 Å². The molecule has 1 aromatic heterocycles. The lowest BCUT2D eigenvalue weighted by atomic mass is 10.1. The summed E-state index contributed by atoms with van der Waals surface area (Å²) in [4.78, 5) is 23.9. The summed E-state index contributed by atoms with van der Waals surface area (Å²) in [6, 6.07) is 0.756. The van der Waals surface area contributed by atoms with Gasteiger partial charge in [-0.15, -0.1) is 11.8 Å². The summed E-state index contributed by atoms with van der Waals surface area (Å²) in [7, 11) is 0. The van der Waals surface area contributed by atoms with E-state index in [2.05, 4.69) is 20.3 Å². The van der Waals surface area contributed by atoms with Gasteiger partial charge in [0.1, 0.15) is 10.6 Å². The van der Waals surface area contributed by atoms with E-state index < -0.39 is 28.7 Å². The number of nitrogens with one attached hydrogen (secondary N) is 1. The van der Waals surface area contributed by atoms with E-state index in [1.54, 1.807) is 13.8 Å². The van der Waals surface area contributed by atoms with Crippen LogP contribution in [0, 0.1) is 0 Å². The van der Waals surface area contributed by atoms with Gasteiger partial charge in [-0.3, -0.25) is 15.1 Å². The van der Waals surface area contributed by atoms with Gasteiger partial charge >= 0.3 is 6.18 Å². The van der Waals surface area contributed by atoms with Crippen molar-refractivity contribution in [2.45, 2.75) is 25.6 Å². The zero-order valence-corrected chi connectivity index (χ0v) is 12.8. The number of rotatable bonds is 1. The number of amides is 1. The van der Waals surface area contributed by atoms with E-state index in [0.29, 0.717) is 5.04 Å². The van der Waals surface area contributed by atoms with Crippen molar-refractivity contribution in [3.63, 3.8) is 0 Å². The van der Waals surface area contributed by atoms with E-state index in [1.165, 1.54) is 11.8 Å². The third-order valence-corrected chi connectivity index (χ3v) is 3.88. The van der Waals surface area contributed by atoms with Gasteiger partial charge in [-0.1, -0.05) is 0 Å². The molecule has 0 saturated heterocycles. The third-order valence-electron chi connectivity index (χ3n) is 2.91. The molecule has 22 heavy (non-hydrogen) atoms. The number of thioether (sulfide) groups is 1. The molecule has 0 aliphatic carbocycles. The molecule has 0 spiro atoms. The Hall–Kier alpha value is -1.90. The van der Waals surface area contributed by atoms with Gasteiger partial charge in [-0.2, -0.15) is 13.2 Å². The molecule has 0 unspecified atom stereocenters. The Morgan fingerprint density at radius 3 is 2.59 bits per heavy atom. The van der Waals surface area contributed by atoms with Crippen LogP contribution in [0.5, 0.6) is 0 Å². The largest absolute Gasteiger partial charge is 0.417 e. The van der Waals surface area contributed by atoms with Crippen molar-refractivity contribution in [3.8, 4) is 0 Å². The molecule has 1 amide bonds. The van der Waals surface area contributed by atoms with Crippen molar-refractivity contribution in [2.24, 2.45) is 9.98 Å². The number of carbonyl (C=O) groups excluding carboxylic acids is 1. The first kappa shape index (κ1) is 16.5. The number of hydrogen-bond acceptors (Lipinski definition) is 5. The molecule has 1 aliphatic heterocycles. The summed E-state index contributed by atoms with van der Waals surface area (Å²) >= 11 is 1.37. The van der Waals surface area contributed by atoms with Crippen molar-refractivity contribution in [1.29, 1.82) is 0 Å². The first-order chi connectivity index (χ1) is 10.1. The second kappa shape index (κ2) is 5.71. The van der Waals surface area contributed by atoms with Gasteiger partial charge < -0.3 is 0 Å². The summed E-state index contributed by atoms with van der Waals surface area (Å²) in [6.45, 7) is 3.60. The average molecular weight is 330 g/mol. The highest BCUT2D eigenvalue weighted by molar-refractivity contribution is 8.13. The van der Waals surface area contributed by atoms with Gasteiger partial charge in [0.2, 0.25) is 5.96 Å². The van der Waals surface area contributed by atoms with E-state index in [0.717, 1.165) is 18.5 Å². The van der Waals surface area contributed by atoms with Crippen molar-refractivity contribution in [3.05, 3.63) is 29.6 Å². The molecule has 1 aliphatic rings. The van der Waals surface area contributed by atoms with Crippen molar-refractivity contribution in [1.82, 2.24) is 10.3 Å². The normalized spacial score (nSPS) is 17.0. The molecule has 0 fully saturated rings. The molecule has 0 saturated carbocycles. The molecule has 1 N–H and O–H groups in total. The predicted octanol–water partition coefficient (Wildman–Crippen LogP) is 2.74. The highest BCUT2D eigenvalue weighted by Crippen LogP contribution is 2.31. The molecule has 9 heteroatoms. The lowest BCUT2D eigenvalue weighted by Gasteiger charge is -2.14. The standard InChI is InChI=1S/C13H13F3N4OS/c1-12(2)10(22-3)19-11(20-12)18-9(21)7-6-17-5-4-8(7)13(14,15)16/h4-6H,1-3H3,(H,18,20,21). The Balaban J connectivity index is 2.27. The maximum atomic E-state index is 12.9. The number of halogens is 3. The fourth-order valence-corrected chi connectivity index (χ4v) is 2.64. The van der Waals surface area contributed by atoms with Gasteiger partial charge in [-0.25, -0.2) is 9.98 Å². The first-order valence-corrected chi connectivity index (χ1v) is 7.43. The van der Waals surface area contributed by atoms with Crippen molar-refractivity contribution >= 4 is 28.7 Å². The Labute approximate surface area is 129 Å². The van der Waals surface area contributed by atoms with E-state index in [4.69, 9.17) is 0 Å². The fourth-order valence-electron chi connectivity index (χ4n) is 1.91. The van der Waals surface area contributed by atoms with Crippen LogP contribution in [0.1, 0.15) is 29.8 Å². The number of aliphatic imine (C=N–C) groups is 2. The molecular weight excluding hydrogens is 317 g/mol. The lowest BCUT2D eigenvalue weighted by molar-refractivity contribution is -0.138. The maximum absolute atomic E-state index is 12.9. The van der Waals surface area contributed by atoms with Crippen molar-refractivity contribution in [2.75, 3.05) is 6.26 Å². The molecule has 2 heterocycles. The van der Waals surface area contributed by atoms with Crippen molar-refractivity contribution < 1.29 is 18.0 Å². The molecular formula is C13H13F3N4OS. The molecule has 0 bridgehead atoms. The van der Waals surface area contributed by atoms with Gasteiger partial charge in [-0.05, 0) is 26.2 Å². The molecule has 0 aromatic carbocycles. The van der Waals surface area contributed by atoms with Crippen LogP contribution in [-0.2, 0) is 6.18 Å². The maximum Gasteiger partial charge on any atom is 0.417 e. The Morgan fingerprint density at radius 2 is 2.05 bits per heavy atom. The second-order valence-corrected chi connectivity index (χ2v) is 5.78. The highest BCUT2D eigenvalue weighted by atomic mass is 32.2. The van der Waals surface area contributed by atoms with Gasteiger partial charge in [0, 0.05) is 12.4 Å². The number of guanidine groups is 1. The predicted molar refractivity (Wildman–Crippen MR) is 79.2 cm³/mol. The molecule has 0 atom stereocenters. The zero-order chi connectivity index (χ0) is 16.5. The van der Waals surface area contributed by atoms with Crippen LogP contribution in [-0.4, -0.2) is 33.7 Å². The van der Waals surface area contributed by atoms with Gasteiger partial charge in [0.05, 0.1) is 11.1 Å². The summed E-state index contributed by atoms with van der Waals surface area (Å²) in [5.41, 5.74) is -2.22. The number of pyridine rings is 1. The molecule has 118 valence electrons. The number of aromatic nitrogens is 1. The summed E-state index contributed by atoms with van der Waals surface area (Å²) < 4.78 is 38.7. The van der Waals surface area contributed by atoms with Gasteiger partial charge in [0.25, 0.3) is 5.91 Å². The monoisotopic (exact) mass is 330 g/mol. The SMILES string of the molecule is CSC1=NC(NC(=O)c2cnccc2C(F)(F)F)=NC1(C)C. The zero-order valence-electron chi connectivity index (χ0n) is 12.0. The number of alkyl halides is 3. The molecule has 0 radical (unpaired) electrons. The van der Waals surface area contributed by atoms with Crippen LogP contribution >= 0.6 is 11.8 Å². The fraction of sp³-hybridized carbons (Fsp3) is 0.385. The quantitative estimate of drug-likeness (QED) is 0.861. The molecule has 2 rings (SSSR count). The summed E-state index contributed by atoms with van der Waals surface area (Å²) in [5, 5.41) is 2.97. The number of carbonyl (C=O) groups is 1. The Morgan fingerprint density at radius 1 is 1.36 bits per heavy atom. The van der Waals surface area contributed by atoms with Crippen LogP contribution in [0.2, 0.25) is 0 Å². The van der Waals surface area contributed by atoms with E-state index >= 15 is 0 Å². The number of hydrogen-bond donors (Lipinski definition) is 1. The summed E-state index contributed by atoms with van der Waals surface area (Å²) in [6.07, 6.45) is -0.971. The highest BCUT2D eigenvalue weighted by Gasteiger charge is 2.36. The Kier molecular flexibility index (Phi) is 4.28.